The van der Waals surface area contributed by atoms with Crippen molar-refractivity contribution >= 4 is 44.2 Å². The van der Waals surface area contributed by atoms with E-state index >= 15 is 0 Å². The number of pyridine rings is 1. The highest BCUT2D eigenvalue weighted by Gasteiger charge is 2.34. The number of nitrogens with zero attached hydrogens (tertiary/aromatic N) is 5. The minimum atomic E-state index is -0.497. The van der Waals surface area contributed by atoms with Crippen molar-refractivity contribution in [3.8, 4) is 11.1 Å². The zero-order valence-electron chi connectivity index (χ0n) is 19.3. The van der Waals surface area contributed by atoms with Crippen LogP contribution in [-0.4, -0.2) is 54.7 Å². The van der Waals surface area contributed by atoms with Gasteiger partial charge in [0.2, 0.25) is 5.91 Å². The molecule has 3 aromatic heterocycles. The summed E-state index contributed by atoms with van der Waals surface area (Å²) in [7, 11) is 0. The molecule has 1 aliphatic carbocycles. The molecule has 2 fully saturated rings. The number of benzene rings is 1. The van der Waals surface area contributed by atoms with Crippen molar-refractivity contribution in [2.45, 2.75) is 44.1 Å². The molecule has 35 heavy (non-hydrogen) atoms. The fraction of sp³-hybridized carbons (Fsp3) is 0.385. The molecule has 4 heterocycles. The summed E-state index contributed by atoms with van der Waals surface area (Å²) in [6, 6.07) is 10.1. The van der Waals surface area contributed by atoms with E-state index < -0.39 is 6.10 Å². The Bertz CT molecular complexity index is 1420. The Morgan fingerprint density at radius 3 is 2.71 bits per heavy atom. The van der Waals surface area contributed by atoms with Crippen molar-refractivity contribution in [3.63, 3.8) is 0 Å². The van der Waals surface area contributed by atoms with Crippen molar-refractivity contribution in [3.05, 3.63) is 52.9 Å². The first-order valence-electron chi connectivity index (χ1n) is 12.1. The molecule has 1 aliphatic heterocycles. The van der Waals surface area contributed by atoms with E-state index in [0.29, 0.717) is 30.5 Å². The predicted octanol–water partition coefficient (Wildman–Crippen LogP) is 4.16. The van der Waals surface area contributed by atoms with Crippen LogP contribution in [0.25, 0.3) is 27.7 Å². The number of carbonyl (C=O) groups is 1. The Balaban J connectivity index is 1.27. The van der Waals surface area contributed by atoms with Gasteiger partial charge in [-0.3, -0.25) is 9.78 Å². The number of aliphatic hydroxyl groups is 1. The number of para-hydroxylation sites is 1. The van der Waals surface area contributed by atoms with Gasteiger partial charge < -0.3 is 15.7 Å². The van der Waals surface area contributed by atoms with Crippen LogP contribution in [0.4, 0.5) is 5.82 Å². The van der Waals surface area contributed by atoms with Gasteiger partial charge >= 0.3 is 0 Å². The third-order valence-corrected chi connectivity index (χ3v) is 8.15. The number of hydrogen-bond donors (Lipinski definition) is 2. The lowest BCUT2D eigenvalue weighted by molar-refractivity contribution is -0.134. The summed E-state index contributed by atoms with van der Waals surface area (Å²) in [5.41, 5.74) is 10.8. The number of fused-ring (bicyclic) bond motifs is 2. The number of nitrogen functional groups attached to an aromatic ring is 1. The minimum absolute atomic E-state index is 0.0479. The summed E-state index contributed by atoms with van der Waals surface area (Å²) < 4.78 is 2.42. The second kappa shape index (κ2) is 8.87. The highest BCUT2D eigenvalue weighted by Crippen LogP contribution is 2.38. The van der Waals surface area contributed by atoms with Crippen molar-refractivity contribution < 1.29 is 9.90 Å². The van der Waals surface area contributed by atoms with Crippen molar-refractivity contribution in [1.29, 1.82) is 0 Å². The molecule has 1 atom stereocenters. The van der Waals surface area contributed by atoms with Gasteiger partial charge in [0.15, 0.2) is 5.65 Å². The maximum atomic E-state index is 12.6. The number of piperidine rings is 1. The standard InChI is InChI=1S/C26H27BrN6O2/c27-23-24(16-7-9-32(10-8-16)22(35)12-21(34)15-5-6-15)31-26-19(14-30-33(26)25(23)28)18-11-17-3-1-2-4-20(17)29-13-18/h1-4,11,13-16,21,34H,5-10,12,28H2. The first kappa shape index (κ1) is 22.4. The molecular weight excluding hydrogens is 508 g/mol. The number of likely N-dealkylation sites (tertiary alicyclic amines) is 1. The molecule has 3 N–H and O–H groups in total. The van der Waals surface area contributed by atoms with E-state index in [1.54, 1.807) is 10.7 Å². The van der Waals surface area contributed by atoms with Gasteiger partial charge in [-0.15, -0.1) is 0 Å². The molecule has 4 aromatic rings. The molecule has 0 bridgehead atoms. The van der Waals surface area contributed by atoms with Crippen molar-refractivity contribution in [1.82, 2.24) is 24.5 Å². The molecule has 1 saturated carbocycles. The smallest absolute Gasteiger partial charge is 0.225 e. The van der Waals surface area contributed by atoms with Crippen LogP contribution in [-0.2, 0) is 4.79 Å². The Hall–Kier alpha value is -3.04. The number of amides is 1. The minimum Gasteiger partial charge on any atom is -0.392 e. The maximum Gasteiger partial charge on any atom is 0.225 e. The molecule has 6 rings (SSSR count). The number of nitrogens with two attached hydrogens (primary N) is 1. The normalized spacial score (nSPS) is 17.8. The SMILES string of the molecule is Nc1c(Br)c(C2CCN(C(=O)CC(O)C3CC3)CC2)nc2c(-c3cnc4ccccc4c3)cnn12. The van der Waals surface area contributed by atoms with Crippen LogP contribution in [0.3, 0.4) is 0 Å². The van der Waals surface area contributed by atoms with Gasteiger partial charge in [0.25, 0.3) is 0 Å². The van der Waals surface area contributed by atoms with Crippen LogP contribution in [0.1, 0.15) is 43.7 Å². The Kier molecular flexibility index (Phi) is 5.69. The lowest BCUT2D eigenvalue weighted by atomic mass is 9.92. The summed E-state index contributed by atoms with van der Waals surface area (Å²) in [5.74, 6) is 1.04. The van der Waals surface area contributed by atoms with Crippen LogP contribution < -0.4 is 5.73 Å². The largest absolute Gasteiger partial charge is 0.392 e. The first-order chi connectivity index (χ1) is 17.0. The predicted molar refractivity (Wildman–Crippen MR) is 138 cm³/mol. The average molecular weight is 535 g/mol. The zero-order valence-corrected chi connectivity index (χ0v) is 20.9. The maximum absolute atomic E-state index is 12.6. The fourth-order valence-electron chi connectivity index (χ4n) is 5.06. The Labute approximate surface area is 211 Å². The number of rotatable bonds is 5. The molecular formula is C26H27BrN6O2. The number of aromatic nitrogens is 4. The van der Waals surface area contributed by atoms with Gasteiger partial charge in [0.1, 0.15) is 5.82 Å². The summed E-state index contributed by atoms with van der Waals surface area (Å²) >= 11 is 3.66. The van der Waals surface area contributed by atoms with Gasteiger partial charge in [-0.1, -0.05) is 18.2 Å². The van der Waals surface area contributed by atoms with E-state index in [2.05, 4.69) is 32.1 Å². The third-order valence-electron chi connectivity index (χ3n) is 7.33. The van der Waals surface area contributed by atoms with E-state index in [9.17, 15) is 9.90 Å². The molecule has 1 saturated heterocycles. The molecule has 0 radical (unpaired) electrons. The summed E-state index contributed by atoms with van der Waals surface area (Å²) in [4.78, 5) is 24.1. The monoisotopic (exact) mass is 534 g/mol. The van der Waals surface area contributed by atoms with Crippen LogP contribution in [0.5, 0.6) is 0 Å². The van der Waals surface area contributed by atoms with Gasteiger partial charge in [0.05, 0.1) is 34.4 Å². The Morgan fingerprint density at radius 1 is 1.17 bits per heavy atom. The molecule has 9 heteroatoms. The lowest BCUT2D eigenvalue weighted by Gasteiger charge is -2.32. The molecule has 1 amide bonds. The number of hydrogen-bond acceptors (Lipinski definition) is 6. The number of carbonyl (C=O) groups excluding carboxylic acids is 1. The highest BCUT2D eigenvalue weighted by molar-refractivity contribution is 9.10. The summed E-state index contributed by atoms with van der Waals surface area (Å²) in [5, 5.41) is 15.7. The van der Waals surface area contributed by atoms with Crippen LogP contribution in [0.2, 0.25) is 0 Å². The second-order valence-electron chi connectivity index (χ2n) is 9.67. The molecule has 8 nitrogen and oxygen atoms in total. The highest BCUT2D eigenvalue weighted by atomic mass is 79.9. The summed E-state index contributed by atoms with van der Waals surface area (Å²) in [6.07, 6.45) is 7.03. The third kappa shape index (κ3) is 4.16. The number of aliphatic hydroxyl groups excluding tert-OH is 1. The molecule has 0 spiro atoms. The molecule has 1 unspecified atom stereocenters. The van der Waals surface area contributed by atoms with E-state index in [0.717, 1.165) is 57.9 Å². The number of halogens is 1. The van der Waals surface area contributed by atoms with E-state index in [1.807, 2.05) is 35.4 Å². The Morgan fingerprint density at radius 2 is 1.94 bits per heavy atom. The van der Waals surface area contributed by atoms with E-state index in [1.165, 1.54) is 0 Å². The van der Waals surface area contributed by atoms with E-state index in [4.69, 9.17) is 10.7 Å². The van der Waals surface area contributed by atoms with Gasteiger partial charge in [-0.05, 0) is 59.7 Å². The lowest BCUT2D eigenvalue weighted by Crippen LogP contribution is -2.39. The van der Waals surface area contributed by atoms with Crippen LogP contribution in [0, 0.1) is 5.92 Å². The van der Waals surface area contributed by atoms with E-state index in [-0.39, 0.29) is 18.2 Å². The molecule has 1 aromatic carbocycles. The molecule has 2 aliphatic rings. The quantitative estimate of drug-likeness (QED) is 0.397. The second-order valence-corrected chi connectivity index (χ2v) is 10.5. The van der Waals surface area contributed by atoms with Crippen molar-refractivity contribution in [2.24, 2.45) is 5.92 Å². The average Bonchev–Trinajstić information content (AvgIpc) is 3.65. The van der Waals surface area contributed by atoms with Crippen LogP contribution in [0.15, 0.2) is 47.2 Å². The van der Waals surface area contributed by atoms with Gasteiger partial charge in [-0.2, -0.15) is 9.61 Å². The molecule has 180 valence electrons. The fourth-order valence-corrected chi connectivity index (χ4v) is 5.64. The van der Waals surface area contributed by atoms with Crippen molar-refractivity contribution in [2.75, 3.05) is 18.8 Å². The summed E-state index contributed by atoms with van der Waals surface area (Å²) in [6.45, 7) is 1.31. The topological polar surface area (TPSA) is 110 Å². The zero-order chi connectivity index (χ0) is 24.1. The van der Waals surface area contributed by atoms with Gasteiger partial charge in [-0.25, -0.2) is 4.98 Å². The first-order valence-corrected chi connectivity index (χ1v) is 12.9. The van der Waals surface area contributed by atoms with Crippen LogP contribution >= 0.6 is 15.9 Å². The number of anilines is 1. The van der Waals surface area contributed by atoms with Gasteiger partial charge in [0, 0.05) is 41.7 Å².